The maximum Gasteiger partial charge on any atom is 0.256 e. The van der Waals surface area contributed by atoms with E-state index >= 15 is 0 Å². The summed E-state index contributed by atoms with van der Waals surface area (Å²) < 4.78 is 4.84. The summed E-state index contributed by atoms with van der Waals surface area (Å²) in [5, 5.41) is 0. The van der Waals surface area contributed by atoms with Gasteiger partial charge in [-0.05, 0) is 13.3 Å². The van der Waals surface area contributed by atoms with E-state index in [4.69, 9.17) is 4.74 Å². The van der Waals surface area contributed by atoms with E-state index in [0.29, 0.717) is 25.0 Å². The fraction of sp³-hybridized carbons (Fsp3) is 0.583. The number of rotatable bonds is 7. The molecule has 1 aliphatic rings. The van der Waals surface area contributed by atoms with Gasteiger partial charge in [-0.15, -0.1) is 0 Å². The van der Waals surface area contributed by atoms with Crippen molar-refractivity contribution in [2.24, 2.45) is 0 Å². The van der Waals surface area contributed by atoms with Gasteiger partial charge in [0.05, 0.1) is 0 Å². The van der Waals surface area contributed by atoms with E-state index in [0.717, 1.165) is 4.90 Å². The van der Waals surface area contributed by atoms with Gasteiger partial charge in [0, 0.05) is 44.8 Å². The Morgan fingerprint density at radius 1 is 1.35 bits per heavy atom. The van der Waals surface area contributed by atoms with Crippen LogP contribution < -0.4 is 0 Å². The number of carbonyl (C=O) groups is 3. The van der Waals surface area contributed by atoms with E-state index in [1.54, 1.807) is 14.0 Å². The Kier molecular flexibility index (Phi) is 5.03. The fourth-order valence-corrected chi connectivity index (χ4v) is 1.62. The molecule has 0 aliphatic carbocycles. The first kappa shape index (κ1) is 13.6. The van der Waals surface area contributed by atoms with E-state index in [1.165, 1.54) is 6.08 Å². The molecule has 0 aromatic rings. The summed E-state index contributed by atoms with van der Waals surface area (Å²) in [4.78, 5) is 35.4. The fourth-order valence-electron chi connectivity index (χ4n) is 1.62. The molecule has 0 aromatic carbocycles. The average Bonchev–Trinajstić information content (AvgIpc) is 2.51. The van der Waals surface area contributed by atoms with Crippen LogP contribution in [-0.2, 0) is 19.1 Å². The quantitative estimate of drug-likeness (QED) is 0.484. The number of methoxy groups -OCH3 is 1. The first-order chi connectivity index (χ1) is 8.06. The van der Waals surface area contributed by atoms with Gasteiger partial charge in [0.15, 0.2) is 0 Å². The second kappa shape index (κ2) is 6.30. The summed E-state index contributed by atoms with van der Waals surface area (Å²) in [7, 11) is 1.58. The van der Waals surface area contributed by atoms with Crippen molar-refractivity contribution >= 4 is 17.6 Å². The minimum atomic E-state index is -0.322. The Labute approximate surface area is 100 Å². The molecular weight excluding hydrogens is 222 g/mol. The predicted octanol–water partition coefficient (Wildman–Crippen LogP) is 0.687. The molecule has 94 valence electrons. The van der Waals surface area contributed by atoms with Crippen molar-refractivity contribution in [2.45, 2.75) is 26.2 Å². The molecule has 0 unspecified atom stereocenters. The third-order valence-corrected chi connectivity index (χ3v) is 2.61. The van der Waals surface area contributed by atoms with Gasteiger partial charge in [-0.3, -0.25) is 19.3 Å². The predicted molar refractivity (Wildman–Crippen MR) is 61.2 cm³/mol. The number of hydrogen-bond acceptors (Lipinski definition) is 4. The number of hydrogen-bond donors (Lipinski definition) is 0. The second-order valence-corrected chi connectivity index (χ2v) is 4.01. The highest BCUT2D eigenvalue weighted by atomic mass is 16.5. The van der Waals surface area contributed by atoms with Gasteiger partial charge in [-0.2, -0.15) is 0 Å². The van der Waals surface area contributed by atoms with Crippen LogP contribution in [0.5, 0.6) is 0 Å². The van der Waals surface area contributed by atoms with Crippen LogP contribution in [0.2, 0.25) is 0 Å². The lowest BCUT2D eigenvalue weighted by atomic mass is 10.1. The molecule has 0 N–H and O–H groups in total. The van der Waals surface area contributed by atoms with E-state index in [2.05, 4.69) is 0 Å². The SMILES string of the molecule is COCCCC(=O)CCN1C(=O)C=C(C)C1=O. The van der Waals surface area contributed by atoms with Crippen molar-refractivity contribution in [1.82, 2.24) is 4.90 Å². The monoisotopic (exact) mass is 239 g/mol. The molecule has 5 heteroatoms. The summed E-state index contributed by atoms with van der Waals surface area (Å²) in [5.41, 5.74) is 0.432. The molecular formula is C12H17NO4. The molecule has 0 radical (unpaired) electrons. The maximum absolute atomic E-state index is 11.5. The molecule has 1 heterocycles. The van der Waals surface area contributed by atoms with Gasteiger partial charge < -0.3 is 4.74 Å². The van der Waals surface area contributed by atoms with E-state index < -0.39 is 0 Å². The van der Waals surface area contributed by atoms with Crippen molar-refractivity contribution in [3.05, 3.63) is 11.6 Å². The first-order valence-electron chi connectivity index (χ1n) is 5.61. The van der Waals surface area contributed by atoms with Gasteiger partial charge in [-0.25, -0.2) is 0 Å². The lowest BCUT2D eigenvalue weighted by molar-refractivity contribution is -0.137. The van der Waals surface area contributed by atoms with Crippen LogP contribution in [0, 0.1) is 0 Å². The summed E-state index contributed by atoms with van der Waals surface area (Å²) in [6.07, 6.45) is 2.63. The highest BCUT2D eigenvalue weighted by Gasteiger charge is 2.28. The number of ether oxygens (including phenoxy) is 1. The number of carbonyl (C=O) groups excluding carboxylic acids is 3. The zero-order valence-corrected chi connectivity index (χ0v) is 10.2. The minimum Gasteiger partial charge on any atom is -0.385 e. The molecule has 0 spiro atoms. The van der Waals surface area contributed by atoms with E-state index in [-0.39, 0.29) is 30.6 Å². The van der Waals surface area contributed by atoms with Crippen molar-refractivity contribution in [3.8, 4) is 0 Å². The summed E-state index contributed by atoms with van der Waals surface area (Å²) in [6.45, 7) is 2.33. The molecule has 1 rings (SSSR count). The number of nitrogens with zero attached hydrogens (tertiary/aromatic N) is 1. The number of amides is 2. The Morgan fingerprint density at radius 3 is 2.59 bits per heavy atom. The zero-order chi connectivity index (χ0) is 12.8. The Balaban J connectivity index is 2.30. The largest absolute Gasteiger partial charge is 0.385 e. The van der Waals surface area contributed by atoms with E-state index in [1.807, 2.05) is 0 Å². The molecule has 2 amide bonds. The second-order valence-electron chi connectivity index (χ2n) is 4.01. The van der Waals surface area contributed by atoms with Crippen LogP contribution in [0.25, 0.3) is 0 Å². The smallest absolute Gasteiger partial charge is 0.256 e. The third-order valence-electron chi connectivity index (χ3n) is 2.61. The number of imide groups is 1. The van der Waals surface area contributed by atoms with Crippen LogP contribution in [0.4, 0.5) is 0 Å². The van der Waals surface area contributed by atoms with Gasteiger partial charge >= 0.3 is 0 Å². The lowest BCUT2D eigenvalue weighted by Crippen LogP contribution is -2.32. The first-order valence-corrected chi connectivity index (χ1v) is 5.61. The van der Waals surface area contributed by atoms with Gasteiger partial charge in [-0.1, -0.05) is 0 Å². The molecule has 17 heavy (non-hydrogen) atoms. The molecule has 5 nitrogen and oxygen atoms in total. The highest BCUT2D eigenvalue weighted by Crippen LogP contribution is 2.12. The molecule has 0 fully saturated rings. The molecule has 0 saturated carbocycles. The highest BCUT2D eigenvalue weighted by molar-refractivity contribution is 6.15. The lowest BCUT2D eigenvalue weighted by Gasteiger charge is -2.13. The number of Topliss-reactive ketones (excluding diaryl/α,β-unsaturated/α-hetero) is 1. The van der Waals surface area contributed by atoms with Crippen molar-refractivity contribution < 1.29 is 19.1 Å². The van der Waals surface area contributed by atoms with Crippen LogP contribution in [0.15, 0.2) is 11.6 Å². The number of ketones is 1. The van der Waals surface area contributed by atoms with Crippen LogP contribution >= 0.6 is 0 Å². The van der Waals surface area contributed by atoms with Crippen LogP contribution in [-0.4, -0.2) is 42.8 Å². The third kappa shape index (κ3) is 3.78. The van der Waals surface area contributed by atoms with Gasteiger partial charge in [0.25, 0.3) is 11.8 Å². The van der Waals surface area contributed by atoms with Crippen LogP contribution in [0.1, 0.15) is 26.2 Å². The zero-order valence-electron chi connectivity index (χ0n) is 10.2. The molecule has 0 atom stereocenters. The maximum atomic E-state index is 11.5. The normalized spacial score (nSPS) is 15.4. The molecule has 0 aromatic heterocycles. The summed E-state index contributed by atoms with van der Waals surface area (Å²) in [6, 6.07) is 0. The van der Waals surface area contributed by atoms with Gasteiger partial charge in [0.2, 0.25) is 0 Å². The van der Waals surface area contributed by atoms with Crippen LogP contribution in [0.3, 0.4) is 0 Å². The average molecular weight is 239 g/mol. The molecule has 0 saturated heterocycles. The summed E-state index contributed by atoms with van der Waals surface area (Å²) in [5.74, 6) is -0.566. The molecule has 1 aliphatic heterocycles. The molecule has 0 bridgehead atoms. The van der Waals surface area contributed by atoms with Gasteiger partial charge in [0.1, 0.15) is 5.78 Å². The van der Waals surface area contributed by atoms with Crippen molar-refractivity contribution in [1.29, 1.82) is 0 Å². The van der Waals surface area contributed by atoms with Crippen molar-refractivity contribution in [2.75, 3.05) is 20.3 Å². The minimum absolute atomic E-state index is 0.0483. The Hall–Kier alpha value is -1.49. The Bertz CT molecular complexity index is 360. The Morgan fingerprint density at radius 2 is 2.06 bits per heavy atom. The topological polar surface area (TPSA) is 63.7 Å². The van der Waals surface area contributed by atoms with Crippen molar-refractivity contribution in [3.63, 3.8) is 0 Å². The standard InChI is InChI=1S/C12H17NO4/c1-9-8-11(15)13(12(9)16)6-5-10(14)4-3-7-17-2/h8H,3-7H2,1-2H3. The summed E-state index contributed by atoms with van der Waals surface area (Å²) >= 11 is 0. The van der Waals surface area contributed by atoms with E-state index in [9.17, 15) is 14.4 Å².